The number of furan rings is 1. The summed E-state index contributed by atoms with van der Waals surface area (Å²) in [6, 6.07) is 17.6. The number of carbonyl (C=O) groups excluding carboxylic acids is 1. The first-order chi connectivity index (χ1) is 10.7. The van der Waals surface area contributed by atoms with E-state index in [1.54, 1.807) is 30.3 Å². The van der Waals surface area contributed by atoms with Crippen LogP contribution < -0.4 is 0 Å². The largest absolute Gasteiger partial charge is 0.478 e. The molecule has 0 bridgehead atoms. The molecule has 4 nitrogen and oxygen atoms in total. The molecule has 4 heteroatoms. The zero-order chi connectivity index (χ0) is 15.5. The van der Waals surface area contributed by atoms with Crippen molar-refractivity contribution in [3.05, 3.63) is 72.0 Å². The summed E-state index contributed by atoms with van der Waals surface area (Å²) in [7, 11) is 0. The van der Waals surface area contributed by atoms with Gasteiger partial charge in [-0.1, -0.05) is 36.4 Å². The van der Waals surface area contributed by atoms with Crippen molar-refractivity contribution in [2.45, 2.75) is 0 Å². The fourth-order valence-electron chi connectivity index (χ4n) is 2.23. The zero-order valence-corrected chi connectivity index (χ0v) is 11.5. The van der Waals surface area contributed by atoms with Crippen molar-refractivity contribution in [1.29, 1.82) is 0 Å². The molecule has 2 aromatic carbocycles. The van der Waals surface area contributed by atoms with Crippen molar-refractivity contribution in [1.82, 2.24) is 0 Å². The van der Waals surface area contributed by atoms with Crippen LogP contribution in [0.4, 0.5) is 0 Å². The number of carboxylic acids is 1. The highest BCUT2D eigenvalue weighted by atomic mass is 16.4. The molecular weight excluding hydrogens is 280 g/mol. The van der Waals surface area contributed by atoms with Gasteiger partial charge in [0.2, 0.25) is 0 Å². The van der Waals surface area contributed by atoms with Crippen LogP contribution in [0.3, 0.4) is 0 Å². The molecule has 1 N–H and O–H groups in total. The normalized spacial score (nSPS) is 10.4. The van der Waals surface area contributed by atoms with Crippen LogP contribution in [0.5, 0.6) is 0 Å². The van der Waals surface area contributed by atoms with Gasteiger partial charge in [-0.2, -0.15) is 0 Å². The molecule has 0 unspecified atom stereocenters. The van der Waals surface area contributed by atoms with Gasteiger partial charge in [-0.25, -0.2) is 4.79 Å². The summed E-state index contributed by atoms with van der Waals surface area (Å²) >= 11 is 0. The molecule has 1 heterocycles. The standard InChI is InChI=1S/C18H12O4/c19-11-16-8-9-17(22-16)13-6-4-12(5-7-13)14-2-1-3-15(10-14)18(20)21/h1-11H,(H,20,21). The Morgan fingerprint density at radius 2 is 1.64 bits per heavy atom. The summed E-state index contributed by atoms with van der Waals surface area (Å²) in [6.45, 7) is 0. The predicted molar refractivity (Wildman–Crippen MR) is 81.9 cm³/mol. The Morgan fingerprint density at radius 3 is 2.27 bits per heavy atom. The lowest BCUT2D eigenvalue weighted by Gasteiger charge is -2.04. The van der Waals surface area contributed by atoms with Gasteiger partial charge in [0.25, 0.3) is 0 Å². The van der Waals surface area contributed by atoms with E-state index in [9.17, 15) is 9.59 Å². The average molecular weight is 292 g/mol. The second-order valence-corrected chi connectivity index (χ2v) is 4.78. The first kappa shape index (κ1) is 13.8. The van der Waals surface area contributed by atoms with E-state index in [0.717, 1.165) is 16.7 Å². The Hall–Kier alpha value is -3.14. The third kappa shape index (κ3) is 2.67. The van der Waals surface area contributed by atoms with E-state index < -0.39 is 5.97 Å². The van der Waals surface area contributed by atoms with Gasteiger partial charge >= 0.3 is 5.97 Å². The maximum Gasteiger partial charge on any atom is 0.335 e. The smallest absolute Gasteiger partial charge is 0.335 e. The van der Waals surface area contributed by atoms with Crippen LogP contribution in [-0.2, 0) is 0 Å². The van der Waals surface area contributed by atoms with Gasteiger partial charge in [0.15, 0.2) is 12.0 Å². The molecule has 0 radical (unpaired) electrons. The quantitative estimate of drug-likeness (QED) is 0.734. The van der Waals surface area contributed by atoms with Gasteiger partial charge in [0, 0.05) is 5.56 Å². The molecule has 0 fully saturated rings. The van der Waals surface area contributed by atoms with Crippen LogP contribution in [0.15, 0.2) is 65.1 Å². The monoisotopic (exact) mass is 292 g/mol. The average Bonchev–Trinajstić information content (AvgIpc) is 3.04. The predicted octanol–water partition coefficient (Wildman–Crippen LogP) is 4.12. The van der Waals surface area contributed by atoms with Gasteiger partial charge in [0.05, 0.1) is 5.56 Å². The van der Waals surface area contributed by atoms with E-state index in [2.05, 4.69) is 0 Å². The molecule has 0 spiro atoms. The molecular formula is C18H12O4. The van der Waals surface area contributed by atoms with Gasteiger partial charge in [-0.05, 0) is 35.4 Å². The molecule has 0 aliphatic rings. The van der Waals surface area contributed by atoms with Crippen molar-refractivity contribution >= 4 is 12.3 Å². The molecule has 0 saturated carbocycles. The van der Waals surface area contributed by atoms with Gasteiger partial charge in [-0.15, -0.1) is 0 Å². The second-order valence-electron chi connectivity index (χ2n) is 4.78. The summed E-state index contributed by atoms with van der Waals surface area (Å²) in [5.41, 5.74) is 2.85. The topological polar surface area (TPSA) is 67.5 Å². The van der Waals surface area contributed by atoms with E-state index in [0.29, 0.717) is 12.0 Å². The molecule has 0 aliphatic carbocycles. The number of hydrogen-bond acceptors (Lipinski definition) is 3. The van der Waals surface area contributed by atoms with Crippen LogP contribution in [0, 0.1) is 0 Å². The van der Waals surface area contributed by atoms with Crippen molar-refractivity contribution in [2.24, 2.45) is 0 Å². The number of carboxylic acid groups (broad SMARTS) is 1. The molecule has 22 heavy (non-hydrogen) atoms. The Labute approximate surface area is 126 Å². The van der Waals surface area contributed by atoms with E-state index in [1.165, 1.54) is 0 Å². The number of carbonyl (C=O) groups is 2. The first-order valence-electron chi connectivity index (χ1n) is 6.66. The summed E-state index contributed by atoms with van der Waals surface area (Å²) in [4.78, 5) is 21.6. The Morgan fingerprint density at radius 1 is 0.909 bits per heavy atom. The maximum atomic E-state index is 11.0. The summed E-state index contributed by atoms with van der Waals surface area (Å²) < 4.78 is 5.37. The maximum absolute atomic E-state index is 11.0. The third-order valence-electron chi connectivity index (χ3n) is 3.36. The van der Waals surface area contributed by atoms with E-state index in [-0.39, 0.29) is 11.3 Å². The fourth-order valence-corrected chi connectivity index (χ4v) is 2.23. The fraction of sp³-hybridized carbons (Fsp3) is 0. The zero-order valence-electron chi connectivity index (χ0n) is 11.5. The highest BCUT2D eigenvalue weighted by Gasteiger charge is 2.07. The minimum atomic E-state index is -0.949. The SMILES string of the molecule is O=Cc1ccc(-c2ccc(-c3cccc(C(=O)O)c3)cc2)o1. The van der Waals surface area contributed by atoms with Crippen molar-refractivity contribution in [3.8, 4) is 22.5 Å². The lowest BCUT2D eigenvalue weighted by molar-refractivity contribution is 0.0696. The number of rotatable bonds is 4. The molecule has 0 atom stereocenters. The molecule has 0 amide bonds. The van der Waals surface area contributed by atoms with Crippen LogP contribution in [-0.4, -0.2) is 17.4 Å². The minimum Gasteiger partial charge on any atom is -0.478 e. The van der Waals surface area contributed by atoms with Crippen LogP contribution in [0.2, 0.25) is 0 Å². The number of hydrogen-bond donors (Lipinski definition) is 1. The highest BCUT2D eigenvalue weighted by Crippen LogP contribution is 2.26. The van der Waals surface area contributed by atoms with Crippen LogP contribution in [0.1, 0.15) is 20.9 Å². The molecule has 3 aromatic rings. The van der Waals surface area contributed by atoms with Gasteiger partial charge in [-0.3, -0.25) is 4.79 Å². The minimum absolute atomic E-state index is 0.253. The summed E-state index contributed by atoms with van der Waals surface area (Å²) in [5, 5.41) is 9.03. The summed E-state index contributed by atoms with van der Waals surface area (Å²) in [5.74, 6) is -0.0448. The molecule has 0 aliphatic heterocycles. The second kappa shape index (κ2) is 5.69. The van der Waals surface area contributed by atoms with E-state index >= 15 is 0 Å². The molecule has 3 rings (SSSR count). The van der Waals surface area contributed by atoms with E-state index in [4.69, 9.17) is 9.52 Å². The van der Waals surface area contributed by atoms with Crippen molar-refractivity contribution in [3.63, 3.8) is 0 Å². The highest BCUT2D eigenvalue weighted by molar-refractivity contribution is 5.89. The van der Waals surface area contributed by atoms with Crippen molar-refractivity contribution in [2.75, 3.05) is 0 Å². The first-order valence-corrected chi connectivity index (χ1v) is 6.66. The van der Waals surface area contributed by atoms with Crippen molar-refractivity contribution < 1.29 is 19.1 Å². The van der Waals surface area contributed by atoms with E-state index in [1.807, 2.05) is 30.3 Å². The lowest BCUT2D eigenvalue weighted by Crippen LogP contribution is -1.95. The number of aromatic carboxylic acids is 1. The van der Waals surface area contributed by atoms with Gasteiger partial charge in [0.1, 0.15) is 5.76 Å². The number of benzene rings is 2. The van der Waals surface area contributed by atoms with Crippen LogP contribution in [0.25, 0.3) is 22.5 Å². The van der Waals surface area contributed by atoms with Gasteiger partial charge < -0.3 is 9.52 Å². The molecule has 0 saturated heterocycles. The summed E-state index contributed by atoms with van der Waals surface area (Å²) in [6.07, 6.45) is 0.662. The lowest BCUT2D eigenvalue weighted by atomic mass is 10.0. The third-order valence-corrected chi connectivity index (χ3v) is 3.36. The number of aldehydes is 1. The van der Waals surface area contributed by atoms with Crippen LogP contribution >= 0.6 is 0 Å². The Bertz CT molecular complexity index is 828. The molecule has 1 aromatic heterocycles. The molecule has 108 valence electrons. The Balaban J connectivity index is 1.92. The Kier molecular flexibility index (Phi) is 3.58.